The van der Waals surface area contributed by atoms with E-state index in [1.54, 1.807) is 6.07 Å². The van der Waals surface area contributed by atoms with Crippen LogP contribution in [0.15, 0.2) is 51.4 Å². The van der Waals surface area contributed by atoms with E-state index < -0.39 is 0 Å². The second-order valence-corrected chi connectivity index (χ2v) is 5.25. The van der Waals surface area contributed by atoms with E-state index in [0.717, 1.165) is 29.0 Å². The van der Waals surface area contributed by atoms with Crippen LogP contribution in [-0.4, -0.2) is 21.2 Å². The molecule has 0 fully saturated rings. The number of aromatic nitrogens is 3. The highest BCUT2D eigenvalue weighted by Gasteiger charge is 2.10. The molecule has 7 heteroatoms. The van der Waals surface area contributed by atoms with Gasteiger partial charge in [-0.2, -0.15) is 0 Å². The lowest BCUT2D eigenvalue weighted by Gasteiger charge is -2.05. The van der Waals surface area contributed by atoms with E-state index in [0.29, 0.717) is 15.7 Å². The molecule has 3 rings (SSSR count). The van der Waals surface area contributed by atoms with Crippen molar-refractivity contribution in [2.75, 3.05) is 5.73 Å². The third-order valence-corrected chi connectivity index (χ3v) is 3.68. The molecule has 1 aromatic carbocycles. The molecule has 104 valence electrons. The van der Waals surface area contributed by atoms with Crippen LogP contribution in [0.1, 0.15) is 10.4 Å². The average molecular weight is 298 g/mol. The molecule has 3 aromatic rings. The van der Waals surface area contributed by atoms with E-state index in [9.17, 15) is 9.59 Å². The first-order chi connectivity index (χ1) is 10.2. The molecule has 0 aliphatic rings. The van der Waals surface area contributed by atoms with Crippen LogP contribution in [0, 0.1) is 0 Å². The standard InChI is InChI=1S/C14H10N4O2S/c15-11-6-12(20)18-14(17-11)21-13-9(7-19)5-8-3-1-2-4-10(8)16-13/h1-7H,(H3,15,17,18,20). The number of nitrogens with one attached hydrogen (secondary N) is 1. The zero-order valence-electron chi connectivity index (χ0n) is 10.7. The summed E-state index contributed by atoms with van der Waals surface area (Å²) in [5.74, 6) is 0.120. The van der Waals surface area contributed by atoms with Gasteiger partial charge in [-0.3, -0.25) is 9.59 Å². The van der Waals surface area contributed by atoms with Crippen LogP contribution in [0.3, 0.4) is 0 Å². The van der Waals surface area contributed by atoms with Crippen molar-refractivity contribution in [1.29, 1.82) is 0 Å². The van der Waals surface area contributed by atoms with E-state index >= 15 is 0 Å². The number of hydrogen-bond donors (Lipinski definition) is 2. The smallest absolute Gasteiger partial charge is 0.253 e. The number of benzene rings is 1. The maximum atomic E-state index is 11.4. The van der Waals surface area contributed by atoms with Crippen LogP contribution in [0.25, 0.3) is 10.9 Å². The molecule has 0 unspecified atom stereocenters. The van der Waals surface area contributed by atoms with E-state index in [2.05, 4.69) is 15.0 Å². The van der Waals surface area contributed by atoms with Crippen LogP contribution in [0.4, 0.5) is 5.82 Å². The van der Waals surface area contributed by atoms with Crippen LogP contribution >= 0.6 is 11.8 Å². The zero-order chi connectivity index (χ0) is 14.8. The molecule has 21 heavy (non-hydrogen) atoms. The monoisotopic (exact) mass is 298 g/mol. The fourth-order valence-corrected chi connectivity index (χ4v) is 2.73. The summed E-state index contributed by atoms with van der Waals surface area (Å²) in [7, 11) is 0. The van der Waals surface area contributed by atoms with Gasteiger partial charge < -0.3 is 10.7 Å². The summed E-state index contributed by atoms with van der Waals surface area (Å²) in [4.78, 5) is 33.6. The van der Waals surface area contributed by atoms with Gasteiger partial charge in [0.1, 0.15) is 10.8 Å². The molecule has 0 bridgehead atoms. The van der Waals surface area contributed by atoms with Crippen molar-refractivity contribution in [1.82, 2.24) is 15.0 Å². The Labute approximate surface area is 123 Å². The van der Waals surface area contributed by atoms with Crippen molar-refractivity contribution >= 4 is 34.8 Å². The highest BCUT2D eigenvalue weighted by Crippen LogP contribution is 2.27. The molecule has 0 aliphatic heterocycles. The average Bonchev–Trinajstić information content (AvgIpc) is 2.45. The maximum absolute atomic E-state index is 11.4. The van der Waals surface area contributed by atoms with Crippen molar-refractivity contribution in [3.63, 3.8) is 0 Å². The van der Waals surface area contributed by atoms with Crippen molar-refractivity contribution in [3.8, 4) is 0 Å². The summed E-state index contributed by atoms with van der Waals surface area (Å²) >= 11 is 1.09. The van der Waals surface area contributed by atoms with Crippen molar-refractivity contribution < 1.29 is 4.79 Å². The Balaban J connectivity index is 2.10. The van der Waals surface area contributed by atoms with E-state index in [-0.39, 0.29) is 11.4 Å². The lowest BCUT2D eigenvalue weighted by Crippen LogP contribution is -2.09. The number of aldehydes is 1. The summed E-state index contributed by atoms with van der Waals surface area (Å²) in [6.07, 6.45) is 0.728. The molecule has 2 heterocycles. The van der Waals surface area contributed by atoms with Gasteiger partial charge in [0.05, 0.1) is 5.52 Å². The number of pyridine rings is 1. The van der Waals surface area contributed by atoms with E-state index in [1.165, 1.54) is 6.07 Å². The van der Waals surface area contributed by atoms with Gasteiger partial charge >= 0.3 is 0 Å². The van der Waals surface area contributed by atoms with Gasteiger partial charge in [-0.15, -0.1) is 0 Å². The Morgan fingerprint density at radius 3 is 2.76 bits per heavy atom. The van der Waals surface area contributed by atoms with Gasteiger partial charge in [0, 0.05) is 17.0 Å². The van der Waals surface area contributed by atoms with Crippen molar-refractivity contribution in [3.05, 3.63) is 52.3 Å². The number of carbonyl (C=O) groups excluding carboxylic acids is 1. The largest absolute Gasteiger partial charge is 0.383 e. The number of anilines is 1. The Kier molecular flexibility index (Phi) is 3.41. The fourth-order valence-electron chi connectivity index (χ4n) is 1.87. The minimum atomic E-state index is -0.349. The van der Waals surface area contributed by atoms with Crippen LogP contribution in [0.5, 0.6) is 0 Å². The molecule has 3 N–H and O–H groups in total. The predicted molar refractivity (Wildman–Crippen MR) is 80.5 cm³/mol. The normalized spacial score (nSPS) is 10.7. The summed E-state index contributed by atoms with van der Waals surface area (Å²) in [5, 5.41) is 1.64. The Hall–Kier alpha value is -2.67. The summed E-state index contributed by atoms with van der Waals surface area (Å²) in [6.45, 7) is 0. The molecule has 0 saturated carbocycles. The number of rotatable bonds is 3. The van der Waals surface area contributed by atoms with Gasteiger partial charge in [-0.1, -0.05) is 18.2 Å². The van der Waals surface area contributed by atoms with E-state index in [1.807, 2.05) is 24.3 Å². The van der Waals surface area contributed by atoms with Gasteiger partial charge in [0.25, 0.3) is 5.56 Å². The number of nitrogens with two attached hydrogens (primary N) is 1. The zero-order valence-corrected chi connectivity index (χ0v) is 11.6. The molecule has 0 amide bonds. The lowest BCUT2D eigenvalue weighted by atomic mass is 10.2. The second-order valence-electron chi connectivity index (χ2n) is 4.27. The van der Waals surface area contributed by atoms with Crippen LogP contribution in [0.2, 0.25) is 0 Å². The van der Waals surface area contributed by atoms with Gasteiger partial charge in [-0.25, -0.2) is 9.97 Å². The van der Waals surface area contributed by atoms with Crippen molar-refractivity contribution in [2.24, 2.45) is 0 Å². The molecule has 0 saturated heterocycles. The van der Waals surface area contributed by atoms with Gasteiger partial charge in [0.2, 0.25) is 0 Å². The Morgan fingerprint density at radius 2 is 2.00 bits per heavy atom. The molecular formula is C14H10N4O2S. The highest BCUT2D eigenvalue weighted by atomic mass is 32.2. The topological polar surface area (TPSA) is 102 Å². The number of para-hydroxylation sites is 1. The number of H-pyrrole nitrogens is 1. The Bertz CT molecular complexity index is 892. The molecule has 0 atom stereocenters. The SMILES string of the molecule is Nc1cc(=O)[nH]c(Sc2nc3ccccc3cc2C=O)n1. The predicted octanol–water partition coefficient (Wildman–Crippen LogP) is 1.86. The number of nitrogens with zero attached hydrogens (tertiary/aromatic N) is 2. The van der Waals surface area contributed by atoms with Crippen molar-refractivity contribution in [2.45, 2.75) is 10.2 Å². The third kappa shape index (κ3) is 2.77. The van der Waals surface area contributed by atoms with Crippen LogP contribution < -0.4 is 11.3 Å². The minimum Gasteiger partial charge on any atom is -0.383 e. The minimum absolute atomic E-state index is 0.120. The first-order valence-electron chi connectivity index (χ1n) is 6.05. The second kappa shape index (κ2) is 5.37. The molecular weight excluding hydrogens is 288 g/mol. The first kappa shape index (κ1) is 13.3. The maximum Gasteiger partial charge on any atom is 0.253 e. The van der Waals surface area contributed by atoms with E-state index in [4.69, 9.17) is 5.73 Å². The molecule has 0 radical (unpaired) electrons. The summed E-state index contributed by atoms with van der Waals surface area (Å²) < 4.78 is 0. The molecule has 0 aliphatic carbocycles. The number of nitrogen functional groups attached to an aromatic ring is 1. The molecule has 2 aromatic heterocycles. The number of fused-ring (bicyclic) bond motifs is 1. The molecule has 0 spiro atoms. The number of aromatic amines is 1. The first-order valence-corrected chi connectivity index (χ1v) is 6.87. The number of hydrogen-bond acceptors (Lipinski definition) is 6. The van der Waals surface area contributed by atoms with Gasteiger partial charge in [-0.05, 0) is 23.9 Å². The molecule has 6 nitrogen and oxygen atoms in total. The lowest BCUT2D eigenvalue weighted by molar-refractivity contribution is 0.112. The fraction of sp³-hybridized carbons (Fsp3) is 0. The summed E-state index contributed by atoms with van der Waals surface area (Å²) in [6, 6.07) is 10.4. The quantitative estimate of drug-likeness (QED) is 0.565. The van der Waals surface area contributed by atoms with Gasteiger partial charge in [0.15, 0.2) is 11.4 Å². The van der Waals surface area contributed by atoms with Crippen LogP contribution in [-0.2, 0) is 0 Å². The third-order valence-electron chi connectivity index (χ3n) is 2.78. The summed E-state index contributed by atoms with van der Waals surface area (Å²) in [5.41, 5.74) is 6.39. The highest BCUT2D eigenvalue weighted by molar-refractivity contribution is 7.99. The number of carbonyl (C=O) groups is 1. The Morgan fingerprint density at radius 1 is 1.19 bits per heavy atom.